The molecule has 6 nitrogen and oxygen atoms in total. The number of benzene rings is 1. The van der Waals surface area contributed by atoms with E-state index < -0.39 is 0 Å². The third-order valence-electron chi connectivity index (χ3n) is 5.56. The first kappa shape index (κ1) is 21.5. The Hall–Kier alpha value is -2.21. The molecule has 1 aliphatic rings. The second kappa shape index (κ2) is 10.5. The van der Waals surface area contributed by atoms with Crippen molar-refractivity contribution >= 4 is 5.97 Å². The van der Waals surface area contributed by atoms with Gasteiger partial charge < -0.3 is 9.64 Å². The van der Waals surface area contributed by atoms with Crippen molar-refractivity contribution in [1.82, 2.24) is 19.9 Å². The van der Waals surface area contributed by atoms with Crippen LogP contribution >= 0.6 is 0 Å². The van der Waals surface area contributed by atoms with Gasteiger partial charge in [-0.1, -0.05) is 55.8 Å². The van der Waals surface area contributed by atoms with Gasteiger partial charge in [0.2, 0.25) is 0 Å². The van der Waals surface area contributed by atoms with Crippen LogP contribution in [-0.4, -0.2) is 45.6 Å². The van der Waals surface area contributed by atoms with Crippen LogP contribution in [0.4, 0.5) is 0 Å². The monoisotopic (exact) mass is 398 g/mol. The number of carbonyl (C=O) groups excluding carboxylic acids is 1. The van der Waals surface area contributed by atoms with Gasteiger partial charge in [-0.25, -0.2) is 4.68 Å². The summed E-state index contributed by atoms with van der Waals surface area (Å²) in [6.45, 7) is 6.32. The third-order valence-corrected chi connectivity index (χ3v) is 5.56. The molecule has 3 rings (SSSR count). The first-order valence-electron chi connectivity index (χ1n) is 10.8. The van der Waals surface area contributed by atoms with Crippen LogP contribution in [0.25, 0.3) is 0 Å². The smallest absolute Gasteiger partial charge is 0.310 e. The molecule has 0 N–H and O–H groups in total. The maximum atomic E-state index is 12.5. The highest BCUT2D eigenvalue weighted by Gasteiger charge is 2.30. The van der Waals surface area contributed by atoms with Gasteiger partial charge in [0.1, 0.15) is 6.10 Å². The van der Waals surface area contributed by atoms with Crippen LogP contribution in [-0.2, 0) is 22.5 Å². The zero-order chi connectivity index (χ0) is 20.6. The molecule has 0 spiro atoms. The van der Waals surface area contributed by atoms with Gasteiger partial charge in [0, 0.05) is 6.54 Å². The first-order chi connectivity index (χ1) is 14.0. The number of nitrogens with zero attached hydrogens (tertiary/aromatic N) is 4. The van der Waals surface area contributed by atoms with E-state index in [1.54, 1.807) is 0 Å². The Morgan fingerprint density at radius 2 is 2.00 bits per heavy atom. The van der Waals surface area contributed by atoms with E-state index >= 15 is 0 Å². The van der Waals surface area contributed by atoms with E-state index in [4.69, 9.17) is 4.74 Å². The molecule has 6 heteroatoms. The molecule has 1 saturated carbocycles. The summed E-state index contributed by atoms with van der Waals surface area (Å²) in [5, 5.41) is 8.75. The molecule has 1 heterocycles. The predicted molar refractivity (Wildman–Crippen MR) is 113 cm³/mol. The highest BCUT2D eigenvalue weighted by molar-refractivity contribution is 5.72. The molecule has 1 fully saturated rings. The fraction of sp³-hybridized carbons (Fsp3) is 0.609. The summed E-state index contributed by atoms with van der Waals surface area (Å²) in [4.78, 5) is 14.7. The summed E-state index contributed by atoms with van der Waals surface area (Å²) in [7, 11) is 2.12. The maximum absolute atomic E-state index is 12.5. The zero-order valence-electron chi connectivity index (χ0n) is 18.0. The number of hydrogen-bond acceptors (Lipinski definition) is 5. The molecule has 29 heavy (non-hydrogen) atoms. The molecule has 158 valence electrons. The lowest BCUT2D eigenvalue weighted by molar-refractivity contribution is -0.152. The van der Waals surface area contributed by atoms with E-state index in [9.17, 15) is 4.79 Å². The minimum absolute atomic E-state index is 0.0747. The molecule has 2 atom stereocenters. The fourth-order valence-corrected chi connectivity index (χ4v) is 3.87. The Morgan fingerprint density at radius 1 is 1.24 bits per heavy atom. The lowest BCUT2D eigenvalue weighted by Crippen LogP contribution is -2.33. The highest BCUT2D eigenvalue weighted by Crippen LogP contribution is 2.31. The highest BCUT2D eigenvalue weighted by atomic mass is 16.5. The van der Waals surface area contributed by atoms with Crippen LogP contribution in [0.1, 0.15) is 63.3 Å². The molecular formula is C23H34N4O2. The van der Waals surface area contributed by atoms with Gasteiger partial charge in [-0.05, 0) is 50.8 Å². The van der Waals surface area contributed by atoms with Crippen LogP contribution in [0.15, 0.2) is 36.5 Å². The van der Waals surface area contributed by atoms with Crippen LogP contribution in [0, 0.1) is 5.92 Å². The van der Waals surface area contributed by atoms with Crippen molar-refractivity contribution in [2.75, 3.05) is 13.6 Å². The standard InChI is InChI=1S/C23H34N4O2/c1-18(2)13-14-26(3)16-20-17-27(25-24-20)21-11-7-8-12-22(21)29-23(28)15-19-9-5-4-6-10-19/h4-6,9-10,17-18,21-22H,7-8,11-16H2,1-3H3/t21-,22-/m1/s1. The number of carbonyl (C=O) groups is 1. The van der Waals surface area contributed by atoms with Gasteiger partial charge >= 0.3 is 5.97 Å². The molecule has 0 amide bonds. The number of aromatic nitrogens is 3. The molecule has 0 radical (unpaired) electrons. The van der Waals surface area contributed by atoms with Crippen molar-refractivity contribution in [3.8, 4) is 0 Å². The first-order valence-corrected chi connectivity index (χ1v) is 10.8. The van der Waals surface area contributed by atoms with Gasteiger partial charge in [-0.3, -0.25) is 4.79 Å². The van der Waals surface area contributed by atoms with E-state index in [2.05, 4.69) is 36.1 Å². The lowest BCUT2D eigenvalue weighted by atomic mass is 9.92. The average molecular weight is 399 g/mol. The Morgan fingerprint density at radius 3 is 2.76 bits per heavy atom. The quantitative estimate of drug-likeness (QED) is 0.597. The van der Waals surface area contributed by atoms with E-state index in [1.165, 1.54) is 6.42 Å². The summed E-state index contributed by atoms with van der Waals surface area (Å²) < 4.78 is 7.80. The number of ether oxygens (including phenoxy) is 1. The van der Waals surface area contributed by atoms with E-state index in [0.29, 0.717) is 12.3 Å². The summed E-state index contributed by atoms with van der Waals surface area (Å²) in [5.41, 5.74) is 1.95. The van der Waals surface area contributed by atoms with Gasteiger partial charge in [-0.15, -0.1) is 5.10 Å². The third kappa shape index (κ3) is 6.67. The number of hydrogen-bond donors (Lipinski definition) is 0. The molecule has 0 unspecified atom stereocenters. The van der Waals surface area contributed by atoms with Crippen molar-refractivity contribution in [2.45, 2.75) is 71.1 Å². The fourth-order valence-electron chi connectivity index (χ4n) is 3.87. The molecule has 1 aliphatic carbocycles. The summed E-state index contributed by atoms with van der Waals surface area (Å²) in [5.74, 6) is 0.531. The summed E-state index contributed by atoms with van der Waals surface area (Å²) in [6, 6.07) is 9.83. The number of esters is 1. The minimum Gasteiger partial charge on any atom is -0.460 e. The average Bonchev–Trinajstić information content (AvgIpc) is 3.15. The maximum Gasteiger partial charge on any atom is 0.310 e. The van der Waals surface area contributed by atoms with E-state index in [1.807, 2.05) is 41.2 Å². The Bertz CT molecular complexity index is 759. The molecule has 0 saturated heterocycles. The van der Waals surface area contributed by atoms with Crippen molar-refractivity contribution < 1.29 is 9.53 Å². The largest absolute Gasteiger partial charge is 0.460 e. The Labute approximate surface area is 174 Å². The van der Waals surface area contributed by atoms with Crippen molar-refractivity contribution in [3.63, 3.8) is 0 Å². The lowest BCUT2D eigenvalue weighted by Gasteiger charge is -2.30. The van der Waals surface area contributed by atoms with Gasteiger partial charge in [0.05, 0.1) is 24.4 Å². The predicted octanol–water partition coefficient (Wildman–Crippen LogP) is 4.03. The van der Waals surface area contributed by atoms with Gasteiger partial charge in [0.15, 0.2) is 0 Å². The van der Waals surface area contributed by atoms with Crippen LogP contribution in [0.5, 0.6) is 0 Å². The molecular weight excluding hydrogens is 364 g/mol. The Balaban J connectivity index is 1.58. The molecule has 0 bridgehead atoms. The van der Waals surface area contributed by atoms with E-state index in [-0.39, 0.29) is 18.1 Å². The minimum atomic E-state index is -0.165. The topological polar surface area (TPSA) is 60.2 Å². The van der Waals surface area contributed by atoms with Crippen molar-refractivity contribution in [1.29, 1.82) is 0 Å². The zero-order valence-corrected chi connectivity index (χ0v) is 18.0. The molecule has 0 aliphatic heterocycles. The number of rotatable bonds is 9. The van der Waals surface area contributed by atoms with Crippen LogP contribution in [0.3, 0.4) is 0 Å². The van der Waals surface area contributed by atoms with Crippen molar-refractivity contribution in [2.24, 2.45) is 5.92 Å². The van der Waals surface area contributed by atoms with Crippen LogP contribution in [0.2, 0.25) is 0 Å². The summed E-state index contributed by atoms with van der Waals surface area (Å²) >= 11 is 0. The SMILES string of the molecule is CC(C)CCN(C)Cc1cn([C@@H]2CCCC[C@H]2OC(=O)Cc2ccccc2)nn1. The molecule has 1 aromatic carbocycles. The molecule has 2 aromatic rings. The Kier molecular flexibility index (Phi) is 7.81. The second-order valence-corrected chi connectivity index (χ2v) is 8.65. The van der Waals surface area contributed by atoms with Crippen molar-refractivity contribution in [3.05, 3.63) is 47.8 Å². The van der Waals surface area contributed by atoms with Gasteiger partial charge in [-0.2, -0.15) is 0 Å². The summed E-state index contributed by atoms with van der Waals surface area (Å²) in [6.07, 6.45) is 7.44. The van der Waals surface area contributed by atoms with E-state index in [0.717, 1.165) is 50.0 Å². The molecule has 1 aromatic heterocycles. The normalized spacial score (nSPS) is 19.6. The second-order valence-electron chi connectivity index (χ2n) is 8.65. The van der Waals surface area contributed by atoms with Crippen LogP contribution < -0.4 is 0 Å². The van der Waals surface area contributed by atoms with Gasteiger partial charge in [0.25, 0.3) is 0 Å².